The monoisotopic (exact) mass is 236 g/mol. The number of rotatable bonds is 2. The predicted molar refractivity (Wildman–Crippen MR) is 63.7 cm³/mol. The topological polar surface area (TPSA) is 63.1 Å². The molecular weight excluding hydrogens is 224 g/mol. The number of aromatic nitrogens is 2. The molecule has 16 heavy (non-hydrogen) atoms. The van der Waals surface area contributed by atoms with Gasteiger partial charge in [-0.1, -0.05) is 13.8 Å². The third-order valence-electron chi connectivity index (χ3n) is 1.66. The van der Waals surface area contributed by atoms with Crippen molar-refractivity contribution in [3.8, 4) is 11.3 Å². The van der Waals surface area contributed by atoms with E-state index in [0.29, 0.717) is 5.69 Å². The molecule has 2 aromatic rings. The van der Waals surface area contributed by atoms with Gasteiger partial charge in [0.05, 0.1) is 5.69 Å². The van der Waals surface area contributed by atoms with Crippen LogP contribution >= 0.6 is 11.3 Å². The largest absolute Gasteiger partial charge is 0.476 e. The van der Waals surface area contributed by atoms with E-state index in [2.05, 4.69) is 9.97 Å². The van der Waals surface area contributed by atoms with E-state index in [1.165, 1.54) is 0 Å². The molecule has 5 heteroatoms. The first-order valence-electron chi connectivity index (χ1n) is 4.86. The summed E-state index contributed by atoms with van der Waals surface area (Å²) in [7, 11) is 0. The lowest BCUT2D eigenvalue weighted by Gasteiger charge is -1.92. The van der Waals surface area contributed by atoms with Gasteiger partial charge in [0.2, 0.25) is 5.01 Å². The van der Waals surface area contributed by atoms with E-state index >= 15 is 0 Å². The Morgan fingerprint density at radius 1 is 1.31 bits per heavy atom. The van der Waals surface area contributed by atoms with Gasteiger partial charge in [-0.05, 0) is 12.1 Å². The van der Waals surface area contributed by atoms with E-state index in [-0.39, 0.29) is 5.01 Å². The van der Waals surface area contributed by atoms with Crippen molar-refractivity contribution in [2.75, 3.05) is 0 Å². The molecule has 0 aliphatic rings. The Labute approximate surface area is 97.6 Å². The Hall–Kier alpha value is -1.75. The summed E-state index contributed by atoms with van der Waals surface area (Å²) in [5.41, 5.74) is 1.55. The Kier molecular flexibility index (Phi) is 4.60. The molecule has 0 aromatic carbocycles. The average molecular weight is 236 g/mol. The minimum Gasteiger partial charge on any atom is -0.476 e. The molecule has 0 fully saturated rings. The van der Waals surface area contributed by atoms with Gasteiger partial charge in [-0.15, -0.1) is 11.3 Å². The first-order valence-corrected chi connectivity index (χ1v) is 5.74. The van der Waals surface area contributed by atoms with E-state index in [0.717, 1.165) is 16.9 Å². The van der Waals surface area contributed by atoms with Crippen molar-refractivity contribution >= 4 is 17.3 Å². The van der Waals surface area contributed by atoms with Crippen LogP contribution in [0.2, 0.25) is 0 Å². The summed E-state index contributed by atoms with van der Waals surface area (Å²) in [6, 6.07) is 3.58. The summed E-state index contributed by atoms with van der Waals surface area (Å²) in [6.07, 6.45) is 3.30. The normalized spacial score (nSPS) is 9.12. The summed E-state index contributed by atoms with van der Waals surface area (Å²) < 4.78 is 0. The summed E-state index contributed by atoms with van der Waals surface area (Å²) in [5, 5.41) is 10.5. The maximum Gasteiger partial charge on any atom is 0.365 e. The van der Waals surface area contributed by atoms with Crippen molar-refractivity contribution in [2.45, 2.75) is 13.8 Å². The quantitative estimate of drug-likeness (QED) is 0.870. The van der Waals surface area contributed by atoms with Crippen LogP contribution in [0.1, 0.15) is 23.6 Å². The highest BCUT2D eigenvalue weighted by Crippen LogP contribution is 2.20. The van der Waals surface area contributed by atoms with Crippen molar-refractivity contribution in [2.24, 2.45) is 0 Å². The molecule has 84 valence electrons. The summed E-state index contributed by atoms with van der Waals surface area (Å²) in [5.74, 6) is -0.990. The van der Waals surface area contributed by atoms with E-state index in [9.17, 15) is 4.79 Å². The van der Waals surface area contributed by atoms with E-state index in [1.54, 1.807) is 29.9 Å². The second kappa shape index (κ2) is 5.97. The molecule has 0 saturated heterocycles. The minimum absolute atomic E-state index is 0.108. The van der Waals surface area contributed by atoms with Gasteiger partial charge >= 0.3 is 5.97 Å². The van der Waals surface area contributed by atoms with Gasteiger partial charge in [0.15, 0.2) is 0 Å². The number of aromatic carboxylic acids is 1. The van der Waals surface area contributed by atoms with Crippen molar-refractivity contribution in [3.05, 3.63) is 34.9 Å². The zero-order valence-electron chi connectivity index (χ0n) is 9.04. The Balaban J connectivity index is 0.000000606. The molecule has 4 nitrogen and oxygen atoms in total. The van der Waals surface area contributed by atoms with Gasteiger partial charge < -0.3 is 5.11 Å². The van der Waals surface area contributed by atoms with Crippen LogP contribution in [0.3, 0.4) is 0 Å². The van der Waals surface area contributed by atoms with Crippen LogP contribution in [0.5, 0.6) is 0 Å². The molecule has 2 heterocycles. The molecule has 0 aliphatic carbocycles. The molecule has 0 saturated carbocycles. The Bertz CT molecular complexity index is 454. The van der Waals surface area contributed by atoms with Crippen LogP contribution in [0, 0.1) is 0 Å². The molecule has 0 unspecified atom stereocenters. The lowest BCUT2D eigenvalue weighted by molar-refractivity contribution is 0.0696. The second-order valence-corrected chi connectivity index (χ2v) is 3.44. The molecule has 0 bridgehead atoms. The number of pyridine rings is 1. The number of carboxylic acid groups (broad SMARTS) is 1. The smallest absolute Gasteiger partial charge is 0.365 e. The van der Waals surface area contributed by atoms with Gasteiger partial charge in [0.25, 0.3) is 0 Å². The third-order valence-corrected chi connectivity index (χ3v) is 2.49. The fourth-order valence-electron chi connectivity index (χ4n) is 1.03. The van der Waals surface area contributed by atoms with Crippen LogP contribution in [0.4, 0.5) is 0 Å². The van der Waals surface area contributed by atoms with Gasteiger partial charge in [-0.3, -0.25) is 4.98 Å². The second-order valence-electron chi connectivity index (χ2n) is 2.58. The number of hydrogen-bond donors (Lipinski definition) is 1. The number of thiazole rings is 1. The summed E-state index contributed by atoms with van der Waals surface area (Å²) >= 11 is 1.12. The minimum atomic E-state index is -0.990. The standard InChI is InChI=1S/C9H6N2O2S.C2H6/c12-9(13)8-11-7(5-14-8)6-1-3-10-4-2-6;1-2/h1-5H,(H,12,13);1-2H3. The predicted octanol–water partition coefficient (Wildman–Crippen LogP) is 2.93. The maximum atomic E-state index is 10.6. The number of nitrogens with zero attached hydrogens (tertiary/aromatic N) is 2. The highest BCUT2D eigenvalue weighted by atomic mass is 32.1. The molecule has 0 amide bonds. The van der Waals surface area contributed by atoms with Gasteiger partial charge in [-0.2, -0.15) is 0 Å². The van der Waals surface area contributed by atoms with Gasteiger partial charge in [0, 0.05) is 23.3 Å². The van der Waals surface area contributed by atoms with Crippen LogP contribution in [-0.2, 0) is 0 Å². The highest BCUT2D eigenvalue weighted by molar-refractivity contribution is 7.11. The molecule has 0 atom stereocenters. The number of carboxylic acids is 1. The van der Waals surface area contributed by atoms with E-state index in [4.69, 9.17) is 5.11 Å². The Morgan fingerprint density at radius 3 is 2.44 bits per heavy atom. The van der Waals surface area contributed by atoms with Crippen molar-refractivity contribution in [1.82, 2.24) is 9.97 Å². The van der Waals surface area contributed by atoms with Crippen molar-refractivity contribution < 1.29 is 9.90 Å². The molecule has 0 radical (unpaired) electrons. The van der Waals surface area contributed by atoms with Crippen LogP contribution in [0.25, 0.3) is 11.3 Å². The molecule has 1 N–H and O–H groups in total. The summed E-state index contributed by atoms with van der Waals surface area (Å²) in [6.45, 7) is 4.00. The lowest BCUT2D eigenvalue weighted by Crippen LogP contribution is -1.94. The van der Waals surface area contributed by atoms with Gasteiger partial charge in [0.1, 0.15) is 0 Å². The zero-order chi connectivity index (χ0) is 12.0. The number of carbonyl (C=O) groups is 1. The van der Waals surface area contributed by atoms with Crippen molar-refractivity contribution in [3.63, 3.8) is 0 Å². The van der Waals surface area contributed by atoms with Crippen molar-refractivity contribution in [1.29, 1.82) is 0 Å². The van der Waals surface area contributed by atoms with Crippen LogP contribution < -0.4 is 0 Å². The molecule has 2 rings (SSSR count). The lowest BCUT2D eigenvalue weighted by atomic mass is 10.2. The van der Waals surface area contributed by atoms with Crippen LogP contribution in [-0.4, -0.2) is 21.0 Å². The Morgan fingerprint density at radius 2 is 1.94 bits per heavy atom. The SMILES string of the molecule is CC.O=C(O)c1nc(-c2ccncc2)cs1. The third kappa shape index (κ3) is 2.87. The maximum absolute atomic E-state index is 10.6. The number of hydrogen-bond acceptors (Lipinski definition) is 4. The fourth-order valence-corrected chi connectivity index (χ4v) is 1.69. The molecule has 2 aromatic heterocycles. The molecule has 0 aliphatic heterocycles. The molecular formula is C11H12N2O2S. The van der Waals surface area contributed by atoms with Crippen LogP contribution in [0.15, 0.2) is 29.9 Å². The first-order chi connectivity index (χ1) is 7.77. The van der Waals surface area contributed by atoms with E-state index < -0.39 is 5.97 Å². The zero-order valence-corrected chi connectivity index (χ0v) is 9.86. The van der Waals surface area contributed by atoms with Gasteiger partial charge in [-0.25, -0.2) is 9.78 Å². The highest BCUT2D eigenvalue weighted by Gasteiger charge is 2.09. The molecule has 0 spiro atoms. The van der Waals surface area contributed by atoms with E-state index in [1.807, 2.05) is 13.8 Å². The first kappa shape index (κ1) is 12.3. The fraction of sp³-hybridized carbons (Fsp3) is 0.182. The summed E-state index contributed by atoms with van der Waals surface area (Å²) in [4.78, 5) is 18.4. The average Bonchev–Trinajstić information content (AvgIpc) is 2.82.